The van der Waals surface area contributed by atoms with Gasteiger partial charge in [0.1, 0.15) is 5.75 Å². The number of hydrogen-bond donors (Lipinski definition) is 0. The van der Waals surface area contributed by atoms with Gasteiger partial charge in [-0.1, -0.05) is 0 Å². The lowest BCUT2D eigenvalue weighted by atomic mass is 10.00. The third-order valence-electron chi connectivity index (χ3n) is 2.61. The fourth-order valence-electron chi connectivity index (χ4n) is 1.67. The normalized spacial score (nSPS) is 11.7. The van der Waals surface area contributed by atoms with Crippen molar-refractivity contribution in [3.8, 4) is 5.75 Å². The molecule has 104 valence electrons. The maximum atomic E-state index is 11.7. The zero-order chi connectivity index (χ0) is 14.4. The summed E-state index contributed by atoms with van der Waals surface area (Å²) in [6.07, 6.45) is 0. The molecular formula is C13H17NO5. The largest absolute Gasteiger partial charge is 0.493 e. The van der Waals surface area contributed by atoms with Crippen LogP contribution in [0.4, 0.5) is 5.69 Å². The Hall–Kier alpha value is -2.11. The number of carbonyl (C=O) groups is 1. The molecule has 0 saturated heterocycles. The summed E-state index contributed by atoms with van der Waals surface area (Å²) in [7, 11) is 0. The van der Waals surface area contributed by atoms with Crippen LogP contribution < -0.4 is 4.74 Å². The van der Waals surface area contributed by atoms with E-state index in [-0.39, 0.29) is 11.7 Å². The van der Waals surface area contributed by atoms with Crippen molar-refractivity contribution in [3.05, 3.63) is 33.9 Å². The SMILES string of the molecule is CCOC(=O)[C@@H](C)c1ccc([N+](=O)[O-])cc1OCC. The van der Waals surface area contributed by atoms with Crippen molar-refractivity contribution >= 4 is 11.7 Å². The summed E-state index contributed by atoms with van der Waals surface area (Å²) < 4.78 is 10.3. The number of nitrogens with zero attached hydrogens (tertiary/aromatic N) is 1. The quantitative estimate of drug-likeness (QED) is 0.449. The summed E-state index contributed by atoms with van der Waals surface area (Å²) in [6, 6.07) is 4.22. The van der Waals surface area contributed by atoms with Gasteiger partial charge in [0.2, 0.25) is 0 Å². The van der Waals surface area contributed by atoms with Gasteiger partial charge in [0.15, 0.2) is 0 Å². The smallest absolute Gasteiger partial charge is 0.313 e. The van der Waals surface area contributed by atoms with Gasteiger partial charge in [-0.15, -0.1) is 0 Å². The van der Waals surface area contributed by atoms with Crippen LogP contribution in [0.15, 0.2) is 18.2 Å². The molecule has 0 spiro atoms. The first kappa shape index (κ1) is 14.9. The summed E-state index contributed by atoms with van der Waals surface area (Å²) in [5.41, 5.74) is 0.522. The maximum absolute atomic E-state index is 11.7. The average Bonchev–Trinajstić information content (AvgIpc) is 2.38. The standard InChI is InChI=1S/C13H17NO5/c1-4-18-12-8-10(14(16)17)6-7-11(12)9(3)13(15)19-5-2/h6-9H,4-5H2,1-3H3/t9-/m0/s1. The van der Waals surface area contributed by atoms with Crippen LogP contribution in [0.3, 0.4) is 0 Å². The van der Waals surface area contributed by atoms with Crippen LogP contribution >= 0.6 is 0 Å². The highest BCUT2D eigenvalue weighted by atomic mass is 16.6. The van der Waals surface area contributed by atoms with Gasteiger partial charge >= 0.3 is 5.97 Å². The molecule has 0 aliphatic heterocycles. The summed E-state index contributed by atoms with van der Waals surface area (Å²) in [4.78, 5) is 21.9. The molecule has 6 nitrogen and oxygen atoms in total. The second-order valence-corrected chi connectivity index (χ2v) is 3.89. The monoisotopic (exact) mass is 267 g/mol. The zero-order valence-corrected chi connectivity index (χ0v) is 11.2. The molecule has 0 radical (unpaired) electrons. The van der Waals surface area contributed by atoms with Crippen LogP contribution in [0, 0.1) is 10.1 Å². The minimum absolute atomic E-state index is 0.0664. The molecular weight excluding hydrogens is 250 g/mol. The molecule has 0 fully saturated rings. The van der Waals surface area contributed by atoms with Gasteiger partial charge in [-0.2, -0.15) is 0 Å². The summed E-state index contributed by atoms with van der Waals surface area (Å²) in [6.45, 7) is 5.84. The average molecular weight is 267 g/mol. The minimum atomic E-state index is -0.526. The number of carbonyl (C=O) groups excluding carboxylic acids is 1. The minimum Gasteiger partial charge on any atom is -0.493 e. The van der Waals surface area contributed by atoms with E-state index in [1.807, 2.05) is 0 Å². The molecule has 1 atom stereocenters. The molecule has 1 aromatic carbocycles. The van der Waals surface area contributed by atoms with Gasteiger partial charge in [-0.25, -0.2) is 0 Å². The first-order valence-electron chi connectivity index (χ1n) is 6.09. The molecule has 0 bridgehead atoms. The predicted octanol–water partition coefficient (Wildman–Crippen LogP) is 2.66. The van der Waals surface area contributed by atoms with E-state index in [1.165, 1.54) is 18.2 Å². The predicted molar refractivity (Wildman–Crippen MR) is 69.3 cm³/mol. The topological polar surface area (TPSA) is 78.7 Å². The van der Waals surface area contributed by atoms with Gasteiger partial charge in [0, 0.05) is 11.6 Å². The third-order valence-corrected chi connectivity index (χ3v) is 2.61. The third kappa shape index (κ3) is 3.67. The first-order valence-corrected chi connectivity index (χ1v) is 6.09. The highest BCUT2D eigenvalue weighted by molar-refractivity contribution is 5.79. The van der Waals surface area contributed by atoms with Gasteiger partial charge < -0.3 is 9.47 Å². The second-order valence-electron chi connectivity index (χ2n) is 3.89. The Balaban J connectivity index is 3.11. The van der Waals surface area contributed by atoms with Crippen LogP contribution in [-0.2, 0) is 9.53 Å². The number of non-ortho nitro benzene ring substituents is 1. The van der Waals surface area contributed by atoms with E-state index in [0.717, 1.165) is 0 Å². The Morgan fingerprint density at radius 2 is 2.05 bits per heavy atom. The Labute approximate surface area is 111 Å². The summed E-state index contributed by atoms with van der Waals surface area (Å²) >= 11 is 0. The summed E-state index contributed by atoms with van der Waals surface area (Å²) in [5.74, 6) is -0.558. The number of ether oxygens (including phenoxy) is 2. The van der Waals surface area contributed by atoms with Crippen molar-refractivity contribution in [2.24, 2.45) is 0 Å². The van der Waals surface area contributed by atoms with Crippen LogP contribution in [0.2, 0.25) is 0 Å². The lowest BCUT2D eigenvalue weighted by Crippen LogP contribution is -2.14. The van der Waals surface area contributed by atoms with Crippen LogP contribution in [-0.4, -0.2) is 24.1 Å². The Kier molecular flexibility index (Phi) is 5.29. The first-order chi connectivity index (χ1) is 9.01. The van der Waals surface area contributed by atoms with Crippen LogP contribution in [0.25, 0.3) is 0 Å². The second kappa shape index (κ2) is 6.72. The molecule has 0 heterocycles. The van der Waals surface area contributed by atoms with E-state index >= 15 is 0 Å². The number of hydrogen-bond acceptors (Lipinski definition) is 5. The molecule has 1 aromatic rings. The van der Waals surface area contributed by atoms with E-state index in [1.54, 1.807) is 20.8 Å². The Bertz CT molecular complexity index is 472. The molecule has 1 rings (SSSR count). The Morgan fingerprint density at radius 3 is 2.58 bits per heavy atom. The molecule has 0 unspecified atom stereocenters. The van der Waals surface area contributed by atoms with Crippen molar-refractivity contribution in [3.63, 3.8) is 0 Å². The molecule has 0 aliphatic carbocycles. The molecule has 0 aliphatic rings. The van der Waals surface area contributed by atoms with Gasteiger partial charge in [-0.05, 0) is 26.8 Å². The fourth-order valence-corrected chi connectivity index (χ4v) is 1.67. The van der Waals surface area contributed by atoms with E-state index < -0.39 is 10.8 Å². The van der Waals surface area contributed by atoms with Gasteiger partial charge in [-0.3, -0.25) is 14.9 Å². The van der Waals surface area contributed by atoms with E-state index in [9.17, 15) is 14.9 Å². The summed E-state index contributed by atoms with van der Waals surface area (Å²) in [5, 5.41) is 10.7. The lowest BCUT2D eigenvalue weighted by Gasteiger charge is -2.15. The van der Waals surface area contributed by atoms with Crippen molar-refractivity contribution in [1.29, 1.82) is 0 Å². The highest BCUT2D eigenvalue weighted by Crippen LogP contribution is 2.31. The highest BCUT2D eigenvalue weighted by Gasteiger charge is 2.22. The maximum Gasteiger partial charge on any atom is 0.313 e. The van der Waals surface area contributed by atoms with Crippen molar-refractivity contribution < 1.29 is 19.2 Å². The number of rotatable bonds is 6. The molecule has 6 heteroatoms. The zero-order valence-electron chi connectivity index (χ0n) is 11.2. The van der Waals surface area contributed by atoms with Crippen molar-refractivity contribution in [2.75, 3.05) is 13.2 Å². The molecule has 0 aromatic heterocycles. The number of nitro groups is 1. The number of nitro benzene ring substituents is 1. The molecule has 0 N–H and O–H groups in total. The van der Waals surface area contributed by atoms with Gasteiger partial charge in [0.05, 0.1) is 30.1 Å². The van der Waals surface area contributed by atoms with Gasteiger partial charge in [0.25, 0.3) is 5.69 Å². The lowest BCUT2D eigenvalue weighted by molar-refractivity contribution is -0.385. The molecule has 0 saturated carbocycles. The number of esters is 1. The fraction of sp³-hybridized carbons (Fsp3) is 0.462. The van der Waals surface area contributed by atoms with Crippen LogP contribution in [0.5, 0.6) is 5.75 Å². The van der Waals surface area contributed by atoms with Crippen LogP contribution in [0.1, 0.15) is 32.3 Å². The van der Waals surface area contributed by atoms with E-state index in [0.29, 0.717) is 24.5 Å². The Morgan fingerprint density at radius 1 is 1.37 bits per heavy atom. The number of benzene rings is 1. The van der Waals surface area contributed by atoms with E-state index in [2.05, 4.69) is 0 Å². The molecule has 19 heavy (non-hydrogen) atoms. The van der Waals surface area contributed by atoms with Crippen molar-refractivity contribution in [2.45, 2.75) is 26.7 Å². The van der Waals surface area contributed by atoms with Crippen molar-refractivity contribution in [1.82, 2.24) is 0 Å². The molecule has 0 amide bonds. The van der Waals surface area contributed by atoms with E-state index in [4.69, 9.17) is 9.47 Å².